The normalized spacial score (nSPS) is 12.0. The molecule has 0 bridgehead atoms. The maximum Gasteiger partial charge on any atom is 0.182 e. The van der Waals surface area contributed by atoms with E-state index in [9.17, 15) is 4.80 Å². The van der Waals surface area contributed by atoms with E-state index >= 15 is 0 Å². The molecule has 80 valence electrons. The Kier molecular flexibility index (Phi) is 8.11. The second-order valence-electron chi connectivity index (χ2n) is 4.37. The molecule has 0 amide bonds. The summed E-state index contributed by atoms with van der Waals surface area (Å²) in [5.74, 6) is 0.802. The molecule has 0 radical (unpaired) electrons. The molecular weight excluding hydrogens is 200 g/mol. The monoisotopic (exact) mass is 222 g/mol. The van der Waals surface area contributed by atoms with Crippen LogP contribution in [0.15, 0.2) is 0 Å². The average Bonchev–Trinajstić information content (AvgIpc) is 2.01. The summed E-state index contributed by atoms with van der Waals surface area (Å²) in [6.45, 7) is 4.03. The summed E-state index contributed by atoms with van der Waals surface area (Å²) in [5.41, 5.74) is 0. The minimum Gasteiger partial charge on any atom is -0.432 e. The van der Waals surface area contributed by atoms with E-state index in [1.165, 1.54) is 32.1 Å². The lowest BCUT2D eigenvalue weighted by molar-refractivity contribution is 0.536. The molecule has 0 spiro atoms. The van der Waals surface area contributed by atoms with Crippen molar-refractivity contribution in [3.63, 3.8) is 0 Å². The lowest BCUT2D eigenvalue weighted by Crippen LogP contribution is -2.23. The topological polar surface area (TPSA) is 20.2 Å². The zero-order chi connectivity index (χ0) is 10.2. The second kappa shape index (κ2) is 7.83. The van der Waals surface area contributed by atoms with Crippen LogP contribution in [0.3, 0.4) is 0 Å². The van der Waals surface area contributed by atoms with Crippen LogP contribution in [0.25, 0.3) is 0 Å². The molecule has 0 aliphatic carbocycles. The molecule has 0 saturated carbocycles. The van der Waals surface area contributed by atoms with Gasteiger partial charge in [0.05, 0.1) is 0 Å². The van der Waals surface area contributed by atoms with E-state index < -0.39 is 8.32 Å². The first kappa shape index (κ1) is 13.5. The molecule has 3 heteroatoms. The van der Waals surface area contributed by atoms with Gasteiger partial charge in [-0.05, 0) is 25.6 Å². The SMILES string of the molecule is C[Si](C)(O)CCCCCCCCCl. The number of hydrogen-bond acceptors (Lipinski definition) is 1. The molecule has 0 aromatic carbocycles. The molecule has 0 aromatic heterocycles. The maximum absolute atomic E-state index is 9.58. The van der Waals surface area contributed by atoms with E-state index in [-0.39, 0.29) is 0 Å². The molecule has 0 aliphatic rings. The molecule has 0 saturated heterocycles. The molecular formula is C10H23ClOSi. The van der Waals surface area contributed by atoms with Gasteiger partial charge in [-0.25, -0.2) is 0 Å². The molecule has 0 heterocycles. The van der Waals surface area contributed by atoms with Crippen LogP contribution in [0.4, 0.5) is 0 Å². The summed E-state index contributed by atoms with van der Waals surface area (Å²) in [5, 5.41) is 0. The summed E-state index contributed by atoms with van der Waals surface area (Å²) >= 11 is 5.57. The van der Waals surface area contributed by atoms with Crippen LogP contribution in [0.2, 0.25) is 19.1 Å². The van der Waals surface area contributed by atoms with E-state index in [4.69, 9.17) is 11.6 Å². The zero-order valence-electron chi connectivity index (χ0n) is 8.98. The summed E-state index contributed by atoms with van der Waals surface area (Å²) in [6, 6.07) is 1.06. The second-order valence-corrected chi connectivity index (χ2v) is 8.88. The van der Waals surface area contributed by atoms with Gasteiger partial charge in [0.2, 0.25) is 0 Å². The number of alkyl halides is 1. The van der Waals surface area contributed by atoms with Gasteiger partial charge in [0.25, 0.3) is 0 Å². The molecule has 13 heavy (non-hydrogen) atoms. The Morgan fingerprint density at radius 1 is 0.923 bits per heavy atom. The van der Waals surface area contributed by atoms with Gasteiger partial charge in [-0.15, -0.1) is 11.6 Å². The third kappa shape index (κ3) is 12.5. The van der Waals surface area contributed by atoms with Crippen LogP contribution in [0.5, 0.6) is 0 Å². The summed E-state index contributed by atoms with van der Waals surface area (Å²) in [6.07, 6.45) is 7.52. The van der Waals surface area contributed by atoms with E-state index in [1.54, 1.807) is 0 Å². The van der Waals surface area contributed by atoms with Crippen molar-refractivity contribution in [1.82, 2.24) is 0 Å². The number of unbranched alkanes of at least 4 members (excludes halogenated alkanes) is 5. The van der Waals surface area contributed by atoms with Gasteiger partial charge in [0, 0.05) is 5.88 Å². The highest BCUT2D eigenvalue weighted by Crippen LogP contribution is 2.13. The minimum atomic E-state index is -1.75. The number of rotatable bonds is 8. The van der Waals surface area contributed by atoms with Gasteiger partial charge < -0.3 is 4.80 Å². The first-order valence-corrected chi connectivity index (χ1v) is 9.03. The van der Waals surface area contributed by atoms with Gasteiger partial charge in [-0.2, -0.15) is 0 Å². The lowest BCUT2D eigenvalue weighted by Gasteiger charge is -2.12. The van der Waals surface area contributed by atoms with Crippen LogP contribution < -0.4 is 0 Å². The molecule has 1 N–H and O–H groups in total. The summed E-state index contributed by atoms with van der Waals surface area (Å²) in [7, 11) is -1.75. The van der Waals surface area contributed by atoms with E-state index in [0.717, 1.165) is 18.3 Å². The molecule has 0 fully saturated rings. The molecule has 0 unspecified atom stereocenters. The highest BCUT2D eigenvalue weighted by atomic mass is 35.5. The molecule has 0 rings (SSSR count). The smallest absolute Gasteiger partial charge is 0.182 e. The molecule has 0 aliphatic heterocycles. The minimum absolute atomic E-state index is 0.802. The van der Waals surface area contributed by atoms with Crippen molar-refractivity contribution in [3.8, 4) is 0 Å². The quantitative estimate of drug-likeness (QED) is 0.377. The Bertz CT molecular complexity index is 112. The number of halogens is 1. The maximum atomic E-state index is 9.58. The number of hydrogen-bond donors (Lipinski definition) is 1. The van der Waals surface area contributed by atoms with E-state index in [1.807, 2.05) is 13.1 Å². The predicted octanol–water partition coefficient (Wildman–Crippen LogP) is 3.76. The standard InChI is InChI=1S/C10H23ClOSi/c1-13(2,12)10-8-6-4-3-5-7-9-11/h12H,3-10H2,1-2H3. The Balaban J connectivity index is 3.00. The van der Waals surface area contributed by atoms with Crippen LogP contribution in [0, 0.1) is 0 Å². The van der Waals surface area contributed by atoms with E-state index in [2.05, 4.69) is 0 Å². The van der Waals surface area contributed by atoms with Crippen molar-refractivity contribution in [2.45, 2.75) is 57.7 Å². The van der Waals surface area contributed by atoms with Crippen LogP contribution in [-0.4, -0.2) is 19.0 Å². The molecule has 0 aromatic rings. The van der Waals surface area contributed by atoms with Gasteiger partial charge in [-0.3, -0.25) is 0 Å². The van der Waals surface area contributed by atoms with Gasteiger partial charge in [-0.1, -0.05) is 32.1 Å². The fourth-order valence-electron chi connectivity index (χ4n) is 1.36. The highest BCUT2D eigenvalue weighted by molar-refractivity contribution is 6.69. The van der Waals surface area contributed by atoms with Crippen molar-refractivity contribution in [2.75, 3.05) is 5.88 Å². The first-order chi connectivity index (χ1) is 6.06. The Morgan fingerprint density at radius 2 is 1.38 bits per heavy atom. The van der Waals surface area contributed by atoms with Gasteiger partial charge in [0.1, 0.15) is 0 Å². The Labute approximate surface area is 88.6 Å². The largest absolute Gasteiger partial charge is 0.432 e. The van der Waals surface area contributed by atoms with Crippen molar-refractivity contribution >= 4 is 19.9 Å². The zero-order valence-corrected chi connectivity index (χ0v) is 10.7. The van der Waals surface area contributed by atoms with E-state index in [0.29, 0.717) is 0 Å². The van der Waals surface area contributed by atoms with Gasteiger partial charge in [0.15, 0.2) is 8.32 Å². The Hall–Kier alpha value is 0.467. The predicted molar refractivity (Wildman–Crippen MR) is 62.9 cm³/mol. The fourth-order valence-corrected chi connectivity index (χ4v) is 2.66. The van der Waals surface area contributed by atoms with Crippen LogP contribution >= 0.6 is 11.6 Å². The first-order valence-electron chi connectivity index (χ1n) is 5.34. The Morgan fingerprint density at radius 3 is 1.85 bits per heavy atom. The summed E-state index contributed by atoms with van der Waals surface area (Å²) < 4.78 is 0. The molecule has 0 atom stereocenters. The van der Waals surface area contributed by atoms with Gasteiger partial charge >= 0.3 is 0 Å². The van der Waals surface area contributed by atoms with Crippen molar-refractivity contribution < 1.29 is 4.80 Å². The van der Waals surface area contributed by atoms with Crippen LogP contribution in [0.1, 0.15) is 38.5 Å². The van der Waals surface area contributed by atoms with Crippen LogP contribution in [-0.2, 0) is 0 Å². The lowest BCUT2D eigenvalue weighted by atomic mass is 10.1. The van der Waals surface area contributed by atoms with Crippen molar-refractivity contribution in [1.29, 1.82) is 0 Å². The van der Waals surface area contributed by atoms with Crippen molar-refractivity contribution in [2.24, 2.45) is 0 Å². The highest BCUT2D eigenvalue weighted by Gasteiger charge is 2.14. The molecule has 1 nitrogen and oxygen atoms in total. The van der Waals surface area contributed by atoms with Crippen molar-refractivity contribution in [3.05, 3.63) is 0 Å². The average molecular weight is 223 g/mol. The summed E-state index contributed by atoms with van der Waals surface area (Å²) in [4.78, 5) is 9.58. The third-order valence-electron chi connectivity index (χ3n) is 2.17. The fraction of sp³-hybridized carbons (Fsp3) is 1.00. The third-order valence-corrected chi connectivity index (χ3v) is 4.02.